The molecule has 11 aromatic rings. The van der Waals surface area contributed by atoms with E-state index in [0.29, 0.717) is 0 Å². The second-order valence-electron chi connectivity index (χ2n) is 13.3. The second kappa shape index (κ2) is 11.5. The van der Waals surface area contributed by atoms with Crippen LogP contribution in [0.5, 0.6) is 0 Å². The van der Waals surface area contributed by atoms with Gasteiger partial charge in [-0.15, -0.1) is 11.3 Å². The summed E-state index contributed by atoms with van der Waals surface area (Å²) in [5, 5.41) is 7.16. The summed E-state index contributed by atoms with van der Waals surface area (Å²) in [6.45, 7) is 0. The molecule has 0 amide bonds. The Kier molecular flexibility index (Phi) is 6.42. The first kappa shape index (κ1) is 29.1. The molecule has 0 atom stereocenters. The van der Waals surface area contributed by atoms with Crippen LogP contribution >= 0.6 is 11.3 Å². The summed E-state index contributed by atoms with van der Waals surface area (Å²) in [5.74, 6) is 0. The molecule has 0 saturated carbocycles. The van der Waals surface area contributed by atoms with E-state index in [1.807, 2.05) is 35.6 Å². The Labute approximate surface area is 303 Å². The van der Waals surface area contributed by atoms with E-state index in [-0.39, 0.29) is 0 Å². The molecule has 0 N–H and O–H groups in total. The standard InChI is InChI=1S/C48H29NO2S/c1-4-12-42-37(8-1)38-26-20-32(28-45(38)51-42)30-16-21-33(22-17-30)49(35-25-27-40-39-9-3-6-15-46(39)52-47(40)29-35)34-23-18-31(19-24-34)36-11-7-14-44-48(36)41-10-2-5-13-43(41)50-44/h1-29H. The van der Waals surface area contributed by atoms with Gasteiger partial charge in [-0.25, -0.2) is 0 Å². The summed E-state index contributed by atoms with van der Waals surface area (Å²) in [6.07, 6.45) is 0. The molecule has 0 radical (unpaired) electrons. The van der Waals surface area contributed by atoms with Gasteiger partial charge in [0, 0.05) is 58.8 Å². The molecule has 3 aromatic heterocycles. The lowest BCUT2D eigenvalue weighted by Gasteiger charge is -2.26. The topological polar surface area (TPSA) is 29.5 Å². The second-order valence-corrected chi connectivity index (χ2v) is 14.4. The van der Waals surface area contributed by atoms with E-state index >= 15 is 0 Å². The lowest BCUT2D eigenvalue weighted by atomic mass is 9.99. The quantitative estimate of drug-likeness (QED) is 0.181. The number of fused-ring (bicyclic) bond motifs is 9. The third kappa shape index (κ3) is 4.58. The number of benzene rings is 8. The van der Waals surface area contributed by atoms with Gasteiger partial charge in [0.1, 0.15) is 22.3 Å². The van der Waals surface area contributed by atoms with Gasteiger partial charge in [-0.05, 0) is 95.1 Å². The summed E-state index contributed by atoms with van der Waals surface area (Å²) in [4.78, 5) is 2.35. The minimum Gasteiger partial charge on any atom is -0.456 e. The van der Waals surface area contributed by atoms with Crippen molar-refractivity contribution in [2.75, 3.05) is 4.90 Å². The Morgan fingerprint density at radius 3 is 1.71 bits per heavy atom. The van der Waals surface area contributed by atoms with E-state index in [2.05, 4.69) is 157 Å². The van der Waals surface area contributed by atoms with Gasteiger partial charge in [0.15, 0.2) is 0 Å². The molecule has 0 unspecified atom stereocenters. The van der Waals surface area contributed by atoms with Crippen molar-refractivity contribution < 1.29 is 8.83 Å². The molecule has 0 spiro atoms. The summed E-state index contributed by atoms with van der Waals surface area (Å²) in [6, 6.07) is 62.6. The van der Waals surface area contributed by atoms with Crippen LogP contribution in [0.3, 0.4) is 0 Å². The monoisotopic (exact) mass is 683 g/mol. The van der Waals surface area contributed by atoms with Crippen LogP contribution in [0, 0.1) is 0 Å². The van der Waals surface area contributed by atoms with Gasteiger partial charge in [0.2, 0.25) is 0 Å². The van der Waals surface area contributed by atoms with Crippen molar-refractivity contribution in [2.24, 2.45) is 0 Å². The summed E-state index contributed by atoms with van der Waals surface area (Å²) in [5.41, 5.74) is 11.5. The molecule has 0 aliphatic carbocycles. The average Bonchev–Trinajstić information content (AvgIpc) is 3.89. The highest BCUT2D eigenvalue weighted by Gasteiger charge is 2.17. The highest BCUT2D eigenvalue weighted by molar-refractivity contribution is 7.25. The van der Waals surface area contributed by atoms with E-state index in [0.717, 1.165) is 83.2 Å². The van der Waals surface area contributed by atoms with Crippen LogP contribution in [-0.4, -0.2) is 0 Å². The summed E-state index contributed by atoms with van der Waals surface area (Å²) >= 11 is 1.84. The fraction of sp³-hybridized carbons (Fsp3) is 0. The zero-order chi connectivity index (χ0) is 34.2. The number of para-hydroxylation sites is 2. The van der Waals surface area contributed by atoms with Crippen LogP contribution in [0.25, 0.3) is 86.3 Å². The smallest absolute Gasteiger partial charge is 0.136 e. The van der Waals surface area contributed by atoms with Crippen LogP contribution in [0.15, 0.2) is 185 Å². The fourth-order valence-electron chi connectivity index (χ4n) is 7.81. The summed E-state index contributed by atoms with van der Waals surface area (Å²) < 4.78 is 15.0. The maximum atomic E-state index is 6.22. The molecule has 0 bridgehead atoms. The molecule has 0 fully saturated rings. The Morgan fingerprint density at radius 1 is 0.346 bits per heavy atom. The third-order valence-corrected chi connectivity index (χ3v) is 11.4. The number of rotatable bonds is 5. The number of hydrogen-bond acceptors (Lipinski definition) is 4. The van der Waals surface area contributed by atoms with Crippen LogP contribution in [0.1, 0.15) is 0 Å². The number of furan rings is 2. The number of thiophene rings is 1. The SMILES string of the molecule is c1ccc2c(c1)oc1cc(-c3ccc(N(c4ccc(-c5cccc6oc7ccccc7c56)cc4)c4ccc5c(c4)sc4ccccc45)cc3)ccc12. The van der Waals surface area contributed by atoms with E-state index in [9.17, 15) is 0 Å². The minimum absolute atomic E-state index is 0.903. The van der Waals surface area contributed by atoms with E-state index in [4.69, 9.17) is 8.83 Å². The zero-order valence-corrected chi connectivity index (χ0v) is 28.7. The Morgan fingerprint density at radius 2 is 0.904 bits per heavy atom. The van der Waals surface area contributed by atoms with Crippen molar-refractivity contribution in [1.82, 2.24) is 0 Å². The fourth-order valence-corrected chi connectivity index (χ4v) is 8.95. The lowest BCUT2D eigenvalue weighted by Crippen LogP contribution is -2.09. The van der Waals surface area contributed by atoms with Crippen molar-refractivity contribution in [1.29, 1.82) is 0 Å². The van der Waals surface area contributed by atoms with E-state index in [1.165, 1.54) is 20.2 Å². The molecule has 0 aliphatic rings. The molecule has 8 aromatic carbocycles. The molecular weight excluding hydrogens is 655 g/mol. The molecule has 244 valence electrons. The molecule has 3 nitrogen and oxygen atoms in total. The van der Waals surface area contributed by atoms with Crippen molar-refractivity contribution in [3.05, 3.63) is 176 Å². The normalized spacial score (nSPS) is 11.8. The predicted octanol–water partition coefficient (Wildman–Crippen LogP) is 14.7. The number of anilines is 3. The lowest BCUT2D eigenvalue weighted by molar-refractivity contribution is 0.668. The summed E-state index contributed by atoms with van der Waals surface area (Å²) in [7, 11) is 0. The average molecular weight is 684 g/mol. The van der Waals surface area contributed by atoms with Crippen LogP contribution in [0.2, 0.25) is 0 Å². The zero-order valence-electron chi connectivity index (χ0n) is 27.9. The highest BCUT2D eigenvalue weighted by atomic mass is 32.1. The van der Waals surface area contributed by atoms with Crippen molar-refractivity contribution in [3.8, 4) is 22.3 Å². The van der Waals surface area contributed by atoms with Gasteiger partial charge in [-0.3, -0.25) is 0 Å². The van der Waals surface area contributed by atoms with Crippen molar-refractivity contribution in [3.63, 3.8) is 0 Å². The van der Waals surface area contributed by atoms with E-state index in [1.54, 1.807) is 0 Å². The highest BCUT2D eigenvalue weighted by Crippen LogP contribution is 2.43. The molecule has 0 saturated heterocycles. The third-order valence-electron chi connectivity index (χ3n) is 10.3. The van der Waals surface area contributed by atoms with Crippen LogP contribution in [0.4, 0.5) is 17.1 Å². The first-order valence-corrected chi connectivity index (χ1v) is 18.3. The maximum absolute atomic E-state index is 6.22. The van der Waals surface area contributed by atoms with Gasteiger partial charge >= 0.3 is 0 Å². The van der Waals surface area contributed by atoms with Gasteiger partial charge in [0.05, 0.1) is 0 Å². The molecule has 4 heteroatoms. The van der Waals surface area contributed by atoms with Gasteiger partial charge in [0.25, 0.3) is 0 Å². The molecule has 0 aliphatic heterocycles. The van der Waals surface area contributed by atoms with E-state index < -0.39 is 0 Å². The minimum atomic E-state index is 0.903. The van der Waals surface area contributed by atoms with Gasteiger partial charge < -0.3 is 13.7 Å². The number of nitrogens with zero attached hydrogens (tertiary/aromatic N) is 1. The Bertz CT molecular complexity index is 3130. The number of hydrogen-bond donors (Lipinski definition) is 0. The van der Waals surface area contributed by atoms with Gasteiger partial charge in [-0.1, -0.05) is 103 Å². The Balaban J connectivity index is 1.02. The van der Waals surface area contributed by atoms with Crippen LogP contribution < -0.4 is 4.90 Å². The molecule has 52 heavy (non-hydrogen) atoms. The Hall–Kier alpha value is -6.62. The first-order chi connectivity index (χ1) is 25.7. The van der Waals surface area contributed by atoms with Crippen LogP contribution in [-0.2, 0) is 0 Å². The van der Waals surface area contributed by atoms with Crippen molar-refractivity contribution >= 4 is 92.4 Å². The first-order valence-electron chi connectivity index (χ1n) is 17.5. The van der Waals surface area contributed by atoms with Crippen molar-refractivity contribution in [2.45, 2.75) is 0 Å². The predicted molar refractivity (Wildman–Crippen MR) is 219 cm³/mol. The molecule has 3 heterocycles. The largest absolute Gasteiger partial charge is 0.456 e. The molecular formula is C48H29NO2S. The molecule has 11 rings (SSSR count). The van der Waals surface area contributed by atoms with Gasteiger partial charge in [-0.2, -0.15) is 0 Å². The maximum Gasteiger partial charge on any atom is 0.136 e.